The SMILES string of the molecule is CCC(C)C(NCC1CCC=CO1)C(=O)OC. The highest BCUT2D eigenvalue weighted by Crippen LogP contribution is 2.12. The number of esters is 1. The van der Waals surface area contributed by atoms with Crippen LogP contribution < -0.4 is 5.32 Å². The minimum atomic E-state index is -0.237. The molecule has 0 aromatic carbocycles. The Balaban J connectivity index is 2.42. The number of nitrogens with one attached hydrogen (secondary N) is 1. The topological polar surface area (TPSA) is 47.6 Å². The first kappa shape index (κ1) is 14.0. The summed E-state index contributed by atoms with van der Waals surface area (Å²) in [7, 11) is 1.43. The first-order chi connectivity index (χ1) is 8.19. The molecule has 1 rings (SSSR count). The van der Waals surface area contributed by atoms with Crippen molar-refractivity contribution >= 4 is 5.97 Å². The summed E-state index contributed by atoms with van der Waals surface area (Å²) in [6, 6.07) is -0.237. The van der Waals surface area contributed by atoms with Crippen molar-refractivity contribution in [2.24, 2.45) is 5.92 Å². The van der Waals surface area contributed by atoms with E-state index in [1.165, 1.54) is 7.11 Å². The number of methoxy groups -OCH3 is 1. The molecule has 3 unspecified atom stereocenters. The van der Waals surface area contributed by atoms with E-state index >= 15 is 0 Å². The maximum atomic E-state index is 11.6. The van der Waals surface area contributed by atoms with E-state index in [4.69, 9.17) is 9.47 Å². The molecule has 0 aromatic heterocycles. The summed E-state index contributed by atoms with van der Waals surface area (Å²) in [4.78, 5) is 11.6. The lowest BCUT2D eigenvalue weighted by Crippen LogP contribution is -2.46. The highest BCUT2D eigenvalue weighted by molar-refractivity contribution is 5.75. The van der Waals surface area contributed by atoms with Crippen LogP contribution in [0, 0.1) is 5.92 Å². The van der Waals surface area contributed by atoms with Crippen molar-refractivity contribution < 1.29 is 14.3 Å². The second-order valence-electron chi connectivity index (χ2n) is 4.50. The molecule has 1 aliphatic heterocycles. The number of carbonyl (C=O) groups is 1. The van der Waals surface area contributed by atoms with Crippen molar-refractivity contribution in [3.8, 4) is 0 Å². The first-order valence-electron chi connectivity index (χ1n) is 6.30. The molecule has 17 heavy (non-hydrogen) atoms. The third-order valence-corrected chi connectivity index (χ3v) is 3.26. The van der Waals surface area contributed by atoms with E-state index in [-0.39, 0.29) is 24.0 Å². The predicted molar refractivity (Wildman–Crippen MR) is 66.5 cm³/mol. The third-order valence-electron chi connectivity index (χ3n) is 3.26. The molecule has 1 aliphatic rings. The van der Waals surface area contributed by atoms with E-state index < -0.39 is 0 Å². The van der Waals surface area contributed by atoms with Crippen molar-refractivity contribution in [3.05, 3.63) is 12.3 Å². The molecule has 0 fully saturated rings. The van der Waals surface area contributed by atoms with Crippen molar-refractivity contribution in [2.45, 2.75) is 45.3 Å². The Labute approximate surface area is 103 Å². The maximum absolute atomic E-state index is 11.6. The quantitative estimate of drug-likeness (QED) is 0.721. The van der Waals surface area contributed by atoms with E-state index in [0.717, 1.165) is 19.3 Å². The Hall–Kier alpha value is -1.03. The average molecular weight is 241 g/mol. The minimum Gasteiger partial charge on any atom is -0.497 e. The van der Waals surface area contributed by atoms with E-state index in [0.29, 0.717) is 6.54 Å². The van der Waals surface area contributed by atoms with E-state index in [9.17, 15) is 4.79 Å². The summed E-state index contributed by atoms with van der Waals surface area (Å²) >= 11 is 0. The normalized spacial score (nSPS) is 22.6. The lowest BCUT2D eigenvalue weighted by atomic mass is 9.99. The van der Waals surface area contributed by atoms with Gasteiger partial charge in [0.25, 0.3) is 0 Å². The molecular weight excluding hydrogens is 218 g/mol. The van der Waals surface area contributed by atoms with Crippen molar-refractivity contribution in [2.75, 3.05) is 13.7 Å². The summed E-state index contributed by atoms with van der Waals surface area (Å²) in [5, 5.41) is 3.26. The van der Waals surface area contributed by atoms with Crippen LogP contribution in [-0.2, 0) is 14.3 Å². The molecule has 1 N–H and O–H groups in total. The van der Waals surface area contributed by atoms with Gasteiger partial charge < -0.3 is 14.8 Å². The van der Waals surface area contributed by atoms with Crippen LogP contribution >= 0.6 is 0 Å². The zero-order valence-electron chi connectivity index (χ0n) is 10.9. The van der Waals surface area contributed by atoms with Crippen LogP contribution in [0.3, 0.4) is 0 Å². The van der Waals surface area contributed by atoms with Crippen molar-refractivity contribution in [1.29, 1.82) is 0 Å². The fraction of sp³-hybridized carbons (Fsp3) is 0.769. The first-order valence-corrected chi connectivity index (χ1v) is 6.30. The van der Waals surface area contributed by atoms with Crippen LogP contribution in [0.1, 0.15) is 33.1 Å². The van der Waals surface area contributed by atoms with Gasteiger partial charge in [0.2, 0.25) is 0 Å². The molecule has 0 aromatic rings. The third kappa shape index (κ3) is 4.38. The Bertz CT molecular complexity index is 265. The monoisotopic (exact) mass is 241 g/mol. The van der Waals surface area contributed by atoms with E-state index in [2.05, 4.69) is 19.2 Å². The summed E-state index contributed by atoms with van der Waals surface area (Å²) < 4.78 is 10.3. The van der Waals surface area contributed by atoms with Crippen LogP contribution in [0.15, 0.2) is 12.3 Å². The molecule has 1 heterocycles. The molecule has 0 saturated heterocycles. The largest absolute Gasteiger partial charge is 0.497 e. The second-order valence-corrected chi connectivity index (χ2v) is 4.50. The van der Waals surface area contributed by atoms with Gasteiger partial charge in [-0.2, -0.15) is 0 Å². The molecular formula is C13H23NO3. The van der Waals surface area contributed by atoms with Gasteiger partial charge in [-0.25, -0.2) is 0 Å². The summed E-state index contributed by atoms with van der Waals surface area (Å²) in [6.07, 6.45) is 6.90. The van der Waals surface area contributed by atoms with Gasteiger partial charge in [0.1, 0.15) is 12.1 Å². The highest BCUT2D eigenvalue weighted by Gasteiger charge is 2.25. The number of rotatable bonds is 6. The zero-order chi connectivity index (χ0) is 12.7. The number of ether oxygens (including phenoxy) is 2. The summed E-state index contributed by atoms with van der Waals surface area (Å²) in [6.45, 7) is 4.81. The van der Waals surface area contributed by atoms with Gasteiger partial charge in [-0.3, -0.25) is 4.79 Å². The predicted octanol–water partition coefficient (Wildman–Crippen LogP) is 1.86. The zero-order valence-corrected chi connectivity index (χ0v) is 10.9. The second kappa shape index (κ2) is 7.33. The Morgan fingerprint density at radius 1 is 1.65 bits per heavy atom. The van der Waals surface area contributed by atoms with Gasteiger partial charge in [0, 0.05) is 6.54 Å². The van der Waals surface area contributed by atoms with Gasteiger partial charge in [-0.15, -0.1) is 0 Å². The summed E-state index contributed by atoms with van der Waals surface area (Å²) in [5.41, 5.74) is 0. The lowest BCUT2D eigenvalue weighted by molar-refractivity contribution is -0.144. The Morgan fingerprint density at radius 2 is 2.41 bits per heavy atom. The number of hydrogen-bond acceptors (Lipinski definition) is 4. The Kier molecular flexibility index (Phi) is 6.05. The van der Waals surface area contributed by atoms with Crippen LogP contribution in [0.25, 0.3) is 0 Å². The van der Waals surface area contributed by atoms with Crippen molar-refractivity contribution in [1.82, 2.24) is 5.32 Å². The molecule has 0 radical (unpaired) electrons. The number of carbonyl (C=O) groups excluding carboxylic acids is 1. The fourth-order valence-corrected chi connectivity index (χ4v) is 1.87. The molecule has 0 amide bonds. The number of hydrogen-bond donors (Lipinski definition) is 1. The molecule has 0 bridgehead atoms. The van der Waals surface area contributed by atoms with Gasteiger partial charge in [0.05, 0.1) is 13.4 Å². The van der Waals surface area contributed by atoms with Gasteiger partial charge in [0.15, 0.2) is 0 Å². The molecule has 3 atom stereocenters. The van der Waals surface area contributed by atoms with E-state index in [1.807, 2.05) is 6.08 Å². The smallest absolute Gasteiger partial charge is 0.323 e. The average Bonchev–Trinajstić information content (AvgIpc) is 2.39. The minimum absolute atomic E-state index is 0.163. The molecule has 4 heteroatoms. The van der Waals surface area contributed by atoms with Crippen LogP contribution in [-0.4, -0.2) is 31.8 Å². The van der Waals surface area contributed by atoms with Gasteiger partial charge >= 0.3 is 5.97 Å². The number of allylic oxidation sites excluding steroid dienone is 1. The van der Waals surface area contributed by atoms with E-state index in [1.54, 1.807) is 6.26 Å². The fourth-order valence-electron chi connectivity index (χ4n) is 1.87. The molecule has 0 aliphatic carbocycles. The van der Waals surface area contributed by atoms with Crippen molar-refractivity contribution in [3.63, 3.8) is 0 Å². The van der Waals surface area contributed by atoms with Crippen LogP contribution in [0.5, 0.6) is 0 Å². The summed E-state index contributed by atoms with van der Waals surface area (Å²) in [5.74, 6) is 0.0762. The molecule has 98 valence electrons. The molecule has 0 saturated carbocycles. The Morgan fingerprint density at radius 3 is 2.94 bits per heavy atom. The van der Waals surface area contributed by atoms with Gasteiger partial charge in [-0.05, 0) is 24.8 Å². The highest BCUT2D eigenvalue weighted by atomic mass is 16.5. The lowest BCUT2D eigenvalue weighted by Gasteiger charge is -2.25. The standard InChI is InChI=1S/C13H23NO3/c1-4-10(2)12(13(15)16-3)14-9-11-7-5-6-8-17-11/h6,8,10-12,14H,4-5,7,9H2,1-3H3. The van der Waals surface area contributed by atoms with Crippen LogP contribution in [0.4, 0.5) is 0 Å². The molecule has 0 spiro atoms. The molecule has 4 nitrogen and oxygen atoms in total. The van der Waals surface area contributed by atoms with Gasteiger partial charge in [-0.1, -0.05) is 20.3 Å². The van der Waals surface area contributed by atoms with Crippen LogP contribution in [0.2, 0.25) is 0 Å². The maximum Gasteiger partial charge on any atom is 0.323 e.